The fourth-order valence-corrected chi connectivity index (χ4v) is 2.89. The largest absolute Gasteiger partial charge is 0.355 e. The molecule has 1 aromatic rings. The fourth-order valence-electron chi connectivity index (χ4n) is 2.42. The summed E-state index contributed by atoms with van der Waals surface area (Å²) in [4.78, 5) is 20.1. The Bertz CT molecular complexity index is 719. The van der Waals surface area contributed by atoms with Gasteiger partial charge in [0.2, 0.25) is 15.9 Å². The number of guanidine groups is 1. The van der Waals surface area contributed by atoms with E-state index < -0.39 is 10.0 Å². The van der Waals surface area contributed by atoms with Gasteiger partial charge in [-0.15, -0.1) is 24.0 Å². The Hall–Kier alpha value is -1.41. The van der Waals surface area contributed by atoms with Gasteiger partial charge in [0.15, 0.2) is 5.96 Å². The van der Waals surface area contributed by atoms with Gasteiger partial charge in [-0.05, 0) is 0 Å². The van der Waals surface area contributed by atoms with Crippen molar-refractivity contribution in [1.29, 1.82) is 0 Å². The topological polar surface area (TPSA) is 112 Å². The van der Waals surface area contributed by atoms with Crippen molar-refractivity contribution in [2.24, 2.45) is 12.0 Å². The molecule has 0 unspecified atom stereocenters. The van der Waals surface area contributed by atoms with E-state index in [1.54, 1.807) is 36.1 Å². The van der Waals surface area contributed by atoms with E-state index in [9.17, 15) is 13.2 Å². The number of nitrogens with one attached hydrogen (secondary N) is 2. The van der Waals surface area contributed by atoms with Crippen LogP contribution in [0.4, 0.5) is 5.69 Å². The molecule has 0 aromatic carbocycles. The van der Waals surface area contributed by atoms with Gasteiger partial charge >= 0.3 is 0 Å². The summed E-state index contributed by atoms with van der Waals surface area (Å²) < 4.78 is 26.1. The van der Waals surface area contributed by atoms with Gasteiger partial charge < -0.3 is 15.1 Å². The molecule has 0 bridgehead atoms. The highest BCUT2D eigenvalue weighted by molar-refractivity contribution is 14.0. The van der Waals surface area contributed by atoms with Gasteiger partial charge in [0.05, 0.1) is 18.1 Å². The van der Waals surface area contributed by atoms with Gasteiger partial charge in [0, 0.05) is 46.5 Å². The van der Waals surface area contributed by atoms with Gasteiger partial charge in [-0.3, -0.25) is 14.5 Å². The number of aryl methyl sites for hydroxylation is 1. The van der Waals surface area contributed by atoms with Crippen molar-refractivity contribution in [3.63, 3.8) is 0 Å². The Kier molecular flexibility index (Phi) is 8.08. The van der Waals surface area contributed by atoms with E-state index >= 15 is 0 Å². The second kappa shape index (κ2) is 9.33. The van der Waals surface area contributed by atoms with E-state index in [4.69, 9.17) is 0 Å². The van der Waals surface area contributed by atoms with Crippen molar-refractivity contribution in [2.45, 2.75) is 0 Å². The molecule has 2 N–H and O–H groups in total. The van der Waals surface area contributed by atoms with E-state index in [1.165, 1.54) is 0 Å². The van der Waals surface area contributed by atoms with Crippen molar-refractivity contribution < 1.29 is 13.2 Å². The summed E-state index contributed by atoms with van der Waals surface area (Å²) in [6.07, 6.45) is 4.58. The minimum Gasteiger partial charge on any atom is -0.355 e. The minimum absolute atomic E-state index is 0. The molecular weight excluding hydrogens is 461 g/mol. The molecule has 0 saturated carbocycles. The predicted molar refractivity (Wildman–Crippen MR) is 107 cm³/mol. The maximum Gasteiger partial charge on any atom is 0.246 e. The average molecular weight is 485 g/mol. The Morgan fingerprint density at radius 1 is 1.36 bits per heavy atom. The number of aliphatic imine (C=N–C) groups is 1. The normalized spacial score (nSPS) is 16.0. The van der Waals surface area contributed by atoms with Gasteiger partial charge in [-0.25, -0.2) is 13.1 Å². The summed E-state index contributed by atoms with van der Waals surface area (Å²) in [6.45, 7) is 2.00. The first-order chi connectivity index (χ1) is 11.3. The molecule has 25 heavy (non-hydrogen) atoms. The number of carbonyl (C=O) groups excluding carboxylic acids is 1. The summed E-state index contributed by atoms with van der Waals surface area (Å²) in [5, 5.41) is 7.14. The molecule has 12 heteroatoms. The summed E-state index contributed by atoms with van der Waals surface area (Å²) in [5.41, 5.74) is 0.780. The summed E-state index contributed by atoms with van der Waals surface area (Å²) in [5.74, 6) is 0.538. The molecule has 142 valence electrons. The third-order valence-electron chi connectivity index (χ3n) is 3.51. The molecule has 1 amide bonds. The average Bonchev–Trinajstić information content (AvgIpc) is 2.92. The molecule has 1 aliphatic rings. The molecule has 0 atom stereocenters. The minimum atomic E-state index is -3.21. The SMILES string of the molecule is CN=C(NCCNS(C)(=O)=O)N1CCN(c2cnn(C)c2)C(=O)C1.I. The molecular formula is C13H24IN7O3S. The Morgan fingerprint density at radius 2 is 2.08 bits per heavy atom. The summed E-state index contributed by atoms with van der Waals surface area (Å²) in [7, 11) is 0.225. The molecule has 1 aliphatic heterocycles. The van der Waals surface area contributed by atoms with Crippen molar-refractivity contribution in [1.82, 2.24) is 24.7 Å². The predicted octanol–water partition coefficient (Wildman–Crippen LogP) is -1.19. The number of amides is 1. The van der Waals surface area contributed by atoms with Crippen LogP contribution in [-0.2, 0) is 21.9 Å². The summed E-state index contributed by atoms with van der Waals surface area (Å²) >= 11 is 0. The zero-order valence-corrected chi connectivity index (χ0v) is 17.6. The number of sulfonamides is 1. The second-order valence-electron chi connectivity index (χ2n) is 5.48. The third-order valence-corrected chi connectivity index (χ3v) is 4.24. The number of aromatic nitrogens is 2. The third kappa shape index (κ3) is 6.43. The molecule has 2 heterocycles. The first kappa shape index (κ1) is 21.6. The lowest BCUT2D eigenvalue weighted by atomic mass is 10.3. The lowest BCUT2D eigenvalue weighted by Gasteiger charge is -2.35. The highest BCUT2D eigenvalue weighted by Gasteiger charge is 2.27. The van der Waals surface area contributed by atoms with Crippen LogP contribution >= 0.6 is 24.0 Å². The highest BCUT2D eigenvalue weighted by Crippen LogP contribution is 2.15. The number of nitrogens with zero attached hydrogens (tertiary/aromatic N) is 5. The van der Waals surface area contributed by atoms with Crippen LogP contribution in [0.5, 0.6) is 0 Å². The highest BCUT2D eigenvalue weighted by atomic mass is 127. The van der Waals surface area contributed by atoms with Crippen molar-refractivity contribution in [3.8, 4) is 0 Å². The van der Waals surface area contributed by atoms with E-state index in [0.717, 1.165) is 11.9 Å². The Balaban J connectivity index is 0.00000312. The quantitative estimate of drug-likeness (QED) is 0.235. The first-order valence-corrected chi connectivity index (χ1v) is 9.38. The maximum atomic E-state index is 12.4. The Morgan fingerprint density at radius 3 is 2.60 bits per heavy atom. The second-order valence-corrected chi connectivity index (χ2v) is 7.31. The molecule has 2 rings (SSSR count). The fraction of sp³-hybridized carbons (Fsp3) is 0.615. The van der Waals surface area contributed by atoms with Gasteiger partial charge in [-0.2, -0.15) is 5.10 Å². The van der Waals surface area contributed by atoms with Crippen LogP contribution in [0.25, 0.3) is 0 Å². The summed E-state index contributed by atoms with van der Waals surface area (Å²) in [6, 6.07) is 0. The standard InChI is InChI=1S/C13H23N7O3S.HI/c1-14-13(15-4-5-17-24(3,22)23)19-6-7-20(12(21)10-19)11-8-16-18(2)9-11;/h8-9,17H,4-7,10H2,1-3H3,(H,14,15);1H. The van der Waals surface area contributed by atoms with Crippen LogP contribution in [0, 0.1) is 0 Å². The number of rotatable bonds is 5. The van der Waals surface area contributed by atoms with E-state index in [1.807, 2.05) is 4.90 Å². The van der Waals surface area contributed by atoms with Gasteiger partial charge in [0.25, 0.3) is 0 Å². The Labute approximate surface area is 164 Å². The smallest absolute Gasteiger partial charge is 0.246 e. The van der Waals surface area contributed by atoms with E-state index in [-0.39, 0.29) is 43.0 Å². The lowest BCUT2D eigenvalue weighted by molar-refractivity contribution is -0.120. The number of carbonyl (C=O) groups is 1. The molecule has 1 fully saturated rings. The lowest BCUT2D eigenvalue weighted by Crippen LogP contribution is -2.55. The maximum absolute atomic E-state index is 12.4. The zero-order valence-electron chi connectivity index (χ0n) is 14.5. The molecule has 0 spiro atoms. The number of halogens is 1. The van der Waals surface area contributed by atoms with E-state index in [2.05, 4.69) is 20.1 Å². The van der Waals surface area contributed by atoms with Crippen LogP contribution in [-0.4, -0.2) is 81.0 Å². The van der Waals surface area contributed by atoms with Crippen LogP contribution < -0.4 is 14.9 Å². The van der Waals surface area contributed by atoms with E-state index in [0.29, 0.717) is 25.6 Å². The number of hydrogen-bond donors (Lipinski definition) is 2. The van der Waals surface area contributed by atoms with Gasteiger partial charge in [0.1, 0.15) is 6.54 Å². The van der Waals surface area contributed by atoms with Crippen molar-refractivity contribution >= 4 is 51.6 Å². The number of hydrogen-bond acceptors (Lipinski definition) is 5. The van der Waals surface area contributed by atoms with Crippen molar-refractivity contribution in [2.75, 3.05) is 50.9 Å². The first-order valence-electron chi connectivity index (χ1n) is 7.49. The zero-order chi connectivity index (χ0) is 17.7. The number of piperazine rings is 1. The van der Waals surface area contributed by atoms with Crippen LogP contribution in [0.15, 0.2) is 17.4 Å². The van der Waals surface area contributed by atoms with Crippen LogP contribution in [0.2, 0.25) is 0 Å². The van der Waals surface area contributed by atoms with Crippen LogP contribution in [0.1, 0.15) is 0 Å². The molecule has 0 aliphatic carbocycles. The monoisotopic (exact) mass is 485 g/mol. The van der Waals surface area contributed by atoms with Crippen molar-refractivity contribution in [3.05, 3.63) is 12.4 Å². The molecule has 1 aromatic heterocycles. The molecule has 10 nitrogen and oxygen atoms in total. The molecule has 0 radical (unpaired) electrons. The van der Waals surface area contributed by atoms with Crippen LogP contribution in [0.3, 0.4) is 0 Å². The van der Waals surface area contributed by atoms with Gasteiger partial charge in [-0.1, -0.05) is 0 Å². The molecule has 1 saturated heterocycles. The number of anilines is 1.